The van der Waals surface area contributed by atoms with Gasteiger partial charge in [0.05, 0.1) is 17.4 Å². The van der Waals surface area contributed by atoms with Crippen LogP contribution in [0.15, 0.2) is 71.5 Å². The summed E-state index contributed by atoms with van der Waals surface area (Å²) in [4.78, 5) is 17.1. The Labute approximate surface area is 156 Å². The van der Waals surface area contributed by atoms with Gasteiger partial charge in [-0.15, -0.1) is 0 Å². The number of aliphatic hydroxyl groups is 1. The molecule has 0 spiro atoms. The van der Waals surface area contributed by atoms with Gasteiger partial charge in [-0.1, -0.05) is 42.5 Å². The van der Waals surface area contributed by atoms with Gasteiger partial charge in [-0.05, 0) is 42.0 Å². The van der Waals surface area contributed by atoms with Gasteiger partial charge in [0.1, 0.15) is 24.3 Å². The standard InChI is InChI=1S/C22H20N2O3/c1-15-23-21-9-5-4-8-20(21)22(26)24(15)13-18(25)14-27-19-11-10-16-6-2-3-7-17(16)12-19/h2-12,18,25H,13-14H2,1H3/t18-/m1/s1. The van der Waals surface area contributed by atoms with Crippen LogP contribution in [0.2, 0.25) is 0 Å². The number of aryl methyl sites for hydroxylation is 1. The number of benzene rings is 3. The molecule has 4 aromatic rings. The van der Waals surface area contributed by atoms with Crippen molar-refractivity contribution < 1.29 is 9.84 Å². The maximum atomic E-state index is 12.7. The molecule has 4 rings (SSSR count). The molecule has 1 atom stereocenters. The molecule has 0 aliphatic heterocycles. The molecule has 1 N–H and O–H groups in total. The van der Waals surface area contributed by atoms with Crippen LogP contribution in [-0.2, 0) is 6.54 Å². The van der Waals surface area contributed by atoms with Gasteiger partial charge in [0.15, 0.2) is 0 Å². The molecule has 0 amide bonds. The Kier molecular flexibility index (Phi) is 4.60. The van der Waals surface area contributed by atoms with Crippen LogP contribution in [-0.4, -0.2) is 27.4 Å². The minimum atomic E-state index is -0.823. The number of nitrogens with zero attached hydrogens (tertiary/aromatic N) is 2. The summed E-state index contributed by atoms with van der Waals surface area (Å²) in [7, 11) is 0. The van der Waals surface area contributed by atoms with Crippen molar-refractivity contribution in [2.75, 3.05) is 6.61 Å². The van der Waals surface area contributed by atoms with E-state index in [9.17, 15) is 9.90 Å². The van der Waals surface area contributed by atoms with E-state index in [1.54, 1.807) is 13.0 Å². The Morgan fingerprint density at radius 1 is 1.04 bits per heavy atom. The van der Waals surface area contributed by atoms with E-state index in [0.29, 0.717) is 22.5 Å². The van der Waals surface area contributed by atoms with Crippen LogP contribution < -0.4 is 10.3 Å². The number of ether oxygens (including phenoxy) is 1. The lowest BCUT2D eigenvalue weighted by atomic mass is 10.1. The molecule has 0 radical (unpaired) electrons. The first-order valence-electron chi connectivity index (χ1n) is 8.88. The van der Waals surface area contributed by atoms with E-state index in [-0.39, 0.29) is 18.7 Å². The number of aromatic nitrogens is 2. The third-order valence-electron chi connectivity index (χ3n) is 4.61. The SMILES string of the molecule is Cc1nc2ccccc2c(=O)n1C[C@@H](O)COc1ccc2ccccc2c1. The highest BCUT2D eigenvalue weighted by molar-refractivity contribution is 5.83. The Morgan fingerprint density at radius 3 is 2.63 bits per heavy atom. The minimum absolute atomic E-state index is 0.0943. The predicted octanol–water partition coefficient (Wildman–Crippen LogP) is 3.30. The van der Waals surface area contributed by atoms with Gasteiger partial charge in [0.25, 0.3) is 5.56 Å². The van der Waals surface area contributed by atoms with Crippen LogP contribution in [0.4, 0.5) is 0 Å². The fraction of sp³-hybridized carbons (Fsp3) is 0.182. The second-order valence-electron chi connectivity index (χ2n) is 6.57. The van der Waals surface area contributed by atoms with E-state index in [4.69, 9.17) is 4.74 Å². The van der Waals surface area contributed by atoms with Gasteiger partial charge in [-0.3, -0.25) is 9.36 Å². The Bertz CT molecular complexity index is 1170. The van der Waals surface area contributed by atoms with E-state index in [0.717, 1.165) is 10.8 Å². The van der Waals surface area contributed by atoms with Crippen molar-refractivity contribution in [3.05, 3.63) is 82.9 Å². The fourth-order valence-corrected chi connectivity index (χ4v) is 3.21. The molecule has 0 bridgehead atoms. The fourth-order valence-electron chi connectivity index (χ4n) is 3.21. The topological polar surface area (TPSA) is 64.4 Å². The zero-order chi connectivity index (χ0) is 18.8. The highest BCUT2D eigenvalue weighted by Crippen LogP contribution is 2.20. The number of hydrogen-bond donors (Lipinski definition) is 1. The summed E-state index contributed by atoms with van der Waals surface area (Å²) in [6.45, 7) is 2.00. The zero-order valence-corrected chi connectivity index (χ0v) is 15.0. The third-order valence-corrected chi connectivity index (χ3v) is 4.61. The number of rotatable bonds is 5. The molecule has 0 fully saturated rings. The van der Waals surface area contributed by atoms with Crippen molar-refractivity contribution in [1.29, 1.82) is 0 Å². The summed E-state index contributed by atoms with van der Waals surface area (Å²) in [5, 5.41) is 13.1. The van der Waals surface area contributed by atoms with Crippen molar-refractivity contribution in [3.63, 3.8) is 0 Å². The number of hydrogen-bond acceptors (Lipinski definition) is 4. The molecular weight excluding hydrogens is 340 g/mol. The van der Waals surface area contributed by atoms with Gasteiger partial charge in [-0.25, -0.2) is 4.98 Å². The van der Waals surface area contributed by atoms with Crippen molar-refractivity contribution in [3.8, 4) is 5.75 Å². The van der Waals surface area contributed by atoms with Crippen LogP contribution in [0.1, 0.15) is 5.82 Å². The van der Waals surface area contributed by atoms with Gasteiger partial charge in [0, 0.05) is 0 Å². The molecule has 0 saturated heterocycles. The molecule has 5 heteroatoms. The first kappa shape index (κ1) is 17.2. The molecular formula is C22H20N2O3. The van der Waals surface area contributed by atoms with Crippen LogP contribution in [0.25, 0.3) is 21.7 Å². The highest BCUT2D eigenvalue weighted by atomic mass is 16.5. The van der Waals surface area contributed by atoms with E-state index in [1.165, 1.54) is 4.57 Å². The lowest BCUT2D eigenvalue weighted by Gasteiger charge is -2.16. The molecule has 0 saturated carbocycles. The van der Waals surface area contributed by atoms with Crippen molar-refractivity contribution >= 4 is 21.7 Å². The zero-order valence-electron chi connectivity index (χ0n) is 15.0. The Morgan fingerprint density at radius 2 is 1.78 bits per heavy atom. The van der Waals surface area contributed by atoms with Gasteiger partial charge < -0.3 is 9.84 Å². The summed E-state index contributed by atoms with van der Waals surface area (Å²) >= 11 is 0. The maximum Gasteiger partial charge on any atom is 0.261 e. The van der Waals surface area contributed by atoms with Gasteiger partial charge in [-0.2, -0.15) is 0 Å². The molecule has 0 unspecified atom stereocenters. The van der Waals surface area contributed by atoms with Crippen LogP contribution in [0.3, 0.4) is 0 Å². The molecule has 1 aromatic heterocycles. The van der Waals surface area contributed by atoms with Crippen LogP contribution in [0.5, 0.6) is 5.75 Å². The average molecular weight is 360 g/mol. The Hall–Kier alpha value is -3.18. The molecule has 0 aliphatic carbocycles. The minimum Gasteiger partial charge on any atom is -0.491 e. The highest BCUT2D eigenvalue weighted by Gasteiger charge is 2.13. The monoisotopic (exact) mass is 360 g/mol. The molecule has 3 aromatic carbocycles. The van der Waals surface area contributed by atoms with Crippen LogP contribution >= 0.6 is 0 Å². The van der Waals surface area contributed by atoms with E-state index in [1.807, 2.05) is 60.7 Å². The van der Waals surface area contributed by atoms with E-state index >= 15 is 0 Å². The normalized spacial score (nSPS) is 12.4. The van der Waals surface area contributed by atoms with Gasteiger partial charge >= 0.3 is 0 Å². The average Bonchev–Trinajstić information content (AvgIpc) is 2.69. The first-order valence-corrected chi connectivity index (χ1v) is 8.88. The molecule has 0 aliphatic rings. The smallest absolute Gasteiger partial charge is 0.261 e. The van der Waals surface area contributed by atoms with Crippen molar-refractivity contribution in [1.82, 2.24) is 9.55 Å². The Balaban J connectivity index is 1.50. The number of para-hydroxylation sites is 1. The van der Waals surface area contributed by atoms with E-state index in [2.05, 4.69) is 4.98 Å². The molecule has 5 nitrogen and oxygen atoms in total. The lowest BCUT2D eigenvalue weighted by Crippen LogP contribution is -2.32. The maximum absolute atomic E-state index is 12.7. The quantitative estimate of drug-likeness (QED) is 0.593. The summed E-state index contributed by atoms with van der Waals surface area (Å²) in [6, 6.07) is 21.0. The number of fused-ring (bicyclic) bond motifs is 2. The number of aliphatic hydroxyl groups excluding tert-OH is 1. The summed E-state index contributed by atoms with van der Waals surface area (Å²) < 4.78 is 7.23. The predicted molar refractivity (Wildman–Crippen MR) is 106 cm³/mol. The molecule has 136 valence electrons. The second-order valence-corrected chi connectivity index (χ2v) is 6.57. The lowest BCUT2D eigenvalue weighted by molar-refractivity contribution is 0.0909. The molecule has 27 heavy (non-hydrogen) atoms. The summed E-state index contributed by atoms with van der Waals surface area (Å²) in [5.41, 5.74) is 0.515. The molecule has 1 heterocycles. The largest absolute Gasteiger partial charge is 0.491 e. The van der Waals surface area contributed by atoms with Gasteiger partial charge in [0.2, 0.25) is 0 Å². The van der Waals surface area contributed by atoms with E-state index < -0.39 is 6.10 Å². The summed E-state index contributed by atoms with van der Waals surface area (Å²) in [6.07, 6.45) is -0.823. The third kappa shape index (κ3) is 3.55. The van der Waals surface area contributed by atoms with Crippen molar-refractivity contribution in [2.45, 2.75) is 19.6 Å². The first-order chi connectivity index (χ1) is 13.1. The van der Waals surface area contributed by atoms with Crippen LogP contribution in [0, 0.1) is 6.92 Å². The summed E-state index contributed by atoms with van der Waals surface area (Å²) in [5.74, 6) is 1.26. The second kappa shape index (κ2) is 7.21. The van der Waals surface area contributed by atoms with Crippen molar-refractivity contribution in [2.24, 2.45) is 0 Å².